The van der Waals surface area contributed by atoms with Crippen molar-refractivity contribution in [1.82, 2.24) is 5.32 Å². The van der Waals surface area contributed by atoms with Crippen LogP contribution in [-0.2, 0) is 9.73 Å². The molecule has 0 radical (unpaired) electrons. The molecule has 2 N–H and O–H groups in total. The van der Waals surface area contributed by atoms with Crippen molar-refractivity contribution in [2.45, 2.75) is 0 Å². The molecule has 2 aliphatic heterocycles. The first kappa shape index (κ1) is 12.5. The first-order valence-corrected chi connectivity index (χ1v) is 5.52. The first-order chi connectivity index (χ1) is 4.67. The summed E-state index contributed by atoms with van der Waals surface area (Å²) in [6, 6.07) is 0. The summed E-state index contributed by atoms with van der Waals surface area (Å²) >= 11 is 0. The van der Waals surface area contributed by atoms with E-state index in [1.165, 1.54) is 0 Å². The predicted molar refractivity (Wildman–Crippen MR) is 54.9 cm³/mol. The molecule has 2 fully saturated rings. The fraction of sp³-hybridized carbons (Fsp3) is 1.00. The summed E-state index contributed by atoms with van der Waals surface area (Å²) in [6.45, 7) is 1.97. The lowest BCUT2D eigenvalue weighted by molar-refractivity contribution is 0.533. The van der Waals surface area contributed by atoms with Crippen LogP contribution in [0.2, 0.25) is 0 Å². The summed E-state index contributed by atoms with van der Waals surface area (Å²) in [6.07, 6.45) is 0. The number of rotatable bonds is 0. The molecule has 2 rings (SSSR count). The van der Waals surface area contributed by atoms with Crippen molar-refractivity contribution in [1.29, 1.82) is 4.78 Å². The highest BCUT2D eigenvalue weighted by Gasteiger charge is 2.37. The minimum absolute atomic E-state index is 0. The third kappa shape index (κ3) is 2.25. The van der Waals surface area contributed by atoms with Gasteiger partial charge in [0.15, 0.2) is 0 Å². The third-order valence-electron chi connectivity index (χ3n) is 2.45. The Labute approximate surface area is 85.5 Å². The van der Waals surface area contributed by atoms with E-state index in [1.807, 2.05) is 0 Å². The molecular formula is C6H14Cl2N2OS. The Morgan fingerprint density at radius 1 is 1.17 bits per heavy atom. The van der Waals surface area contributed by atoms with Crippen molar-refractivity contribution < 1.29 is 4.21 Å². The van der Waals surface area contributed by atoms with Crippen LogP contribution in [0.5, 0.6) is 0 Å². The van der Waals surface area contributed by atoms with Crippen molar-refractivity contribution >= 4 is 34.5 Å². The molecule has 1 unspecified atom stereocenters. The molecule has 0 aromatic heterocycles. The Morgan fingerprint density at radius 2 is 1.58 bits per heavy atom. The molecule has 6 heteroatoms. The monoisotopic (exact) mass is 232 g/mol. The summed E-state index contributed by atoms with van der Waals surface area (Å²) in [5, 5.41) is 3.25. The summed E-state index contributed by atoms with van der Waals surface area (Å²) in [5.74, 6) is 2.38. The van der Waals surface area contributed by atoms with E-state index < -0.39 is 9.73 Å². The molecule has 12 heavy (non-hydrogen) atoms. The Bertz CT molecular complexity index is 224. The molecule has 3 nitrogen and oxygen atoms in total. The molecule has 0 saturated carbocycles. The van der Waals surface area contributed by atoms with E-state index in [0.29, 0.717) is 23.3 Å². The largest absolute Gasteiger partial charge is 0.316 e. The molecule has 0 aromatic rings. The lowest BCUT2D eigenvalue weighted by Gasteiger charge is -2.00. The van der Waals surface area contributed by atoms with E-state index in [2.05, 4.69) is 5.32 Å². The molecule has 0 amide bonds. The zero-order chi connectivity index (χ0) is 7.19. The SMILES string of the molecule is Cl.Cl.N=S1(=O)C[C@H]2CNC[C@H]2C1. The van der Waals surface area contributed by atoms with Crippen molar-refractivity contribution in [3.05, 3.63) is 0 Å². The standard InChI is InChI=1S/C6H12N2OS.2ClH/c7-10(9)3-5-1-8-2-6(5)4-10;;/h5-8H,1-4H2;2*1H/t5-,6+,10?;;. The van der Waals surface area contributed by atoms with Gasteiger partial charge in [0.2, 0.25) is 0 Å². The first-order valence-electron chi connectivity index (χ1n) is 3.62. The van der Waals surface area contributed by atoms with Crippen LogP contribution in [-0.4, -0.2) is 28.8 Å². The topological polar surface area (TPSA) is 53.0 Å². The highest BCUT2D eigenvalue weighted by atomic mass is 35.5. The molecule has 0 bridgehead atoms. The van der Waals surface area contributed by atoms with Gasteiger partial charge in [-0.05, 0) is 24.9 Å². The molecule has 3 atom stereocenters. The van der Waals surface area contributed by atoms with Crippen molar-refractivity contribution in [2.24, 2.45) is 11.8 Å². The highest BCUT2D eigenvalue weighted by Crippen LogP contribution is 2.28. The second-order valence-electron chi connectivity index (χ2n) is 3.32. The Morgan fingerprint density at radius 3 is 2.00 bits per heavy atom. The Hall–Kier alpha value is 0.490. The van der Waals surface area contributed by atoms with Crippen molar-refractivity contribution in [3.63, 3.8) is 0 Å². The molecular weight excluding hydrogens is 219 g/mol. The molecule has 0 aliphatic carbocycles. The second kappa shape index (κ2) is 4.13. The van der Waals surface area contributed by atoms with Crippen molar-refractivity contribution in [2.75, 3.05) is 24.6 Å². The Kier molecular flexibility index (Phi) is 4.30. The fourth-order valence-corrected chi connectivity index (χ4v) is 4.24. The normalized spacial score (nSPS) is 44.3. The lowest BCUT2D eigenvalue weighted by atomic mass is 10.0. The maximum Gasteiger partial charge on any atom is 0.0448 e. The van der Waals surface area contributed by atoms with Gasteiger partial charge >= 0.3 is 0 Å². The van der Waals surface area contributed by atoms with E-state index in [4.69, 9.17) is 4.78 Å². The average Bonchev–Trinajstić information content (AvgIpc) is 2.20. The van der Waals surface area contributed by atoms with Gasteiger partial charge in [-0.15, -0.1) is 24.8 Å². The summed E-state index contributed by atoms with van der Waals surface area (Å²) in [4.78, 5) is 0. The zero-order valence-corrected chi connectivity index (χ0v) is 9.07. The van der Waals surface area contributed by atoms with Gasteiger partial charge in [0.1, 0.15) is 0 Å². The molecule has 0 spiro atoms. The van der Waals surface area contributed by atoms with Crippen LogP contribution < -0.4 is 5.32 Å². The van der Waals surface area contributed by atoms with Gasteiger partial charge < -0.3 is 5.32 Å². The summed E-state index contributed by atoms with van der Waals surface area (Å²) < 4.78 is 18.6. The molecule has 2 aliphatic rings. The quantitative estimate of drug-likeness (QED) is 0.648. The van der Waals surface area contributed by atoms with E-state index >= 15 is 0 Å². The molecule has 74 valence electrons. The Balaban J connectivity index is 0.000000605. The minimum atomic E-state index is -2.15. The van der Waals surface area contributed by atoms with Crippen LogP contribution >= 0.6 is 24.8 Å². The van der Waals surface area contributed by atoms with E-state index in [-0.39, 0.29) is 24.8 Å². The second-order valence-corrected chi connectivity index (χ2v) is 5.61. The summed E-state index contributed by atoms with van der Waals surface area (Å²) in [5.41, 5.74) is 0. The van der Waals surface area contributed by atoms with Crippen LogP contribution in [0.25, 0.3) is 0 Å². The smallest absolute Gasteiger partial charge is 0.0448 e. The van der Waals surface area contributed by atoms with Gasteiger partial charge in [-0.1, -0.05) is 0 Å². The van der Waals surface area contributed by atoms with Gasteiger partial charge in [0.25, 0.3) is 0 Å². The van der Waals surface area contributed by atoms with E-state index in [1.54, 1.807) is 0 Å². The van der Waals surface area contributed by atoms with E-state index in [9.17, 15) is 4.21 Å². The van der Waals surface area contributed by atoms with Crippen LogP contribution in [0.4, 0.5) is 0 Å². The van der Waals surface area contributed by atoms with Gasteiger partial charge in [-0.25, -0.2) is 4.21 Å². The predicted octanol–water partition coefficient (Wildman–Crippen LogP) is 0.726. The van der Waals surface area contributed by atoms with Crippen molar-refractivity contribution in [3.8, 4) is 0 Å². The van der Waals surface area contributed by atoms with Gasteiger partial charge in [0, 0.05) is 21.2 Å². The maximum atomic E-state index is 11.2. The van der Waals surface area contributed by atoms with Crippen LogP contribution in [0.15, 0.2) is 0 Å². The van der Waals surface area contributed by atoms with Gasteiger partial charge in [0.05, 0.1) is 0 Å². The number of fused-ring (bicyclic) bond motifs is 1. The molecule has 2 heterocycles. The highest BCUT2D eigenvalue weighted by molar-refractivity contribution is 7.92. The van der Waals surface area contributed by atoms with Gasteiger partial charge in [-0.2, -0.15) is 0 Å². The summed E-state index contributed by atoms with van der Waals surface area (Å²) in [7, 11) is -2.15. The molecule has 0 aromatic carbocycles. The molecule has 2 saturated heterocycles. The maximum absolute atomic E-state index is 11.2. The number of hydrogen-bond acceptors (Lipinski definition) is 3. The lowest BCUT2D eigenvalue weighted by Crippen LogP contribution is -2.15. The average molecular weight is 233 g/mol. The van der Waals surface area contributed by atoms with Crippen LogP contribution in [0.1, 0.15) is 0 Å². The fourth-order valence-electron chi connectivity index (χ4n) is 1.94. The van der Waals surface area contributed by atoms with Crippen LogP contribution in [0.3, 0.4) is 0 Å². The third-order valence-corrected chi connectivity index (χ3v) is 4.38. The van der Waals surface area contributed by atoms with Gasteiger partial charge in [-0.3, -0.25) is 4.78 Å². The van der Waals surface area contributed by atoms with E-state index in [0.717, 1.165) is 13.1 Å². The minimum Gasteiger partial charge on any atom is -0.316 e. The number of nitrogens with one attached hydrogen (secondary N) is 2. The number of hydrogen-bond donors (Lipinski definition) is 2. The number of halogens is 2. The van der Waals surface area contributed by atoms with Crippen LogP contribution in [0, 0.1) is 16.6 Å². The zero-order valence-electron chi connectivity index (χ0n) is 6.62.